The lowest BCUT2D eigenvalue weighted by Crippen LogP contribution is -2.40. The van der Waals surface area contributed by atoms with Gasteiger partial charge in [-0.1, -0.05) is 29.0 Å². The lowest BCUT2D eigenvalue weighted by atomic mass is 9.95. The van der Waals surface area contributed by atoms with Gasteiger partial charge in [0.15, 0.2) is 22.9 Å². The molecule has 0 fully saturated rings. The Balaban J connectivity index is 1.66. The Morgan fingerprint density at radius 2 is 1.74 bits per heavy atom. The molecule has 1 aliphatic heterocycles. The number of halogens is 1. The minimum atomic E-state index is -0.854. The largest absolute Gasteiger partial charge is 0.490 e. The summed E-state index contributed by atoms with van der Waals surface area (Å²) in [5, 5.41) is 0.649. The number of carbonyl (C=O) groups is 2. The van der Waals surface area contributed by atoms with Crippen LogP contribution in [0.3, 0.4) is 0 Å². The molecule has 0 N–H and O–H groups in total. The molecule has 2 aromatic heterocycles. The maximum atomic E-state index is 14.2. The van der Waals surface area contributed by atoms with Crippen molar-refractivity contribution in [1.29, 1.82) is 0 Å². The number of carbonyl (C=O) groups excluding carboxylic acids is 2. The van der Waals surface area contributed by atoms with E-state index in [-0.39, 0.29) is 24.3 Å². The molecule has 0 radical (unpaired) electrons. The number of aromatic nitrogens is 2. The van der Waals surface area contributed by atoms with Crippen LogP contribution in [0.4, 0.5) is 0 Å². The number of rotatable bonds is 10. The molecule has 0 saturated carbocycles. The van der Waals surface area contributed by atoms with Gasteiger partial charge in [0, 0.05) is 22.1 Å². The minimum absolute atomic E-state index is 0.153. The molecule has 0 amide bonds. The SMILES string of the molecule is CCOC(=O)C1=C(C)N=c2s/c(=C/c3cc(C)n(-c4ccc(Cl)cc4)c3C)c(=O)n2[C@H]1c1ccc(OCC(=O)OC)c(OCC)c1. The van der Waals surface area contributed by atoms with Crippen molar-refractivity contribution in [2.75, 3.05) is 26.9 Å². The Bertz CT molecular complexity index is 2020. The van der Waals surface area contributed by atoms with Crippen molar-refractivity contribution in [3.63, 3.8) is 0 Å². The fourth-order valence-electron chi connectivity index (χ4n) is 5.45. The van der Waals surface area contributed by atoms with Gasteiger partial charge in [0.2, 0.25) is 0 Å². The molecular formula is C34H34ClN3O7S. The van der Waals surface area contributed by atoms with Crippen LogP contribution in [-0.4, -0.2) is 48.0 Å². The van der Waals surface area contributed by atoms with E-state index in [1.807, 2.05) is 57.2 Å². The number of esters is 2. The van der Waals surface area contributed by atoms with E-state index in [9.17, 15) is 14.4 Å². The first-order valence-electron chi connectivity index (χ1n) is 14.7. The molecule has 3 heterocycles. The average Bonchev–Trinajstić information content (AvgIpc) is 3.49. The first kappa shape index (κ1) is 32.8. The summed E-state index contributed by atoms with van der Waals surface area (Å²) in [6, 6.07) is 13.8. The Morgan fingerprint density at radius 3 is 2.41 bits per heavy atom. The van der Waals surface area contributed by atoms with Crippen LogP contribution in [0.1, 0.15) is 49.3 Å². The van der Waals surface area contributed by atoms with E-state index in [1.54, 1.807) is 32.0 Å². The van der Waals surface area contributed by atoms with Gasteiger partial charge in [-0.15, -0.1) is 0 Å². The van der Waals surface area contributed by atoms with Crippen molar-refractivity contribution in [3.05, 3.63) is 107 Å². The summed E-state index contributed by atoms with van der Waals surface area (Å²) in [5.74, 6) is -0.453. The third kappa shape index (κ3) is 6.38. The monoisotopic (exact) mass is 663 g/mol. The molecule has 0 saturated heterocycles. The Labute approximate surface area is 274 Å². The van der Waals surface area contributed by atoms with Gasteiger partial charge < -0.3 is 23.5 Å². The van der Waals surface area contributed by atoms with Gasteiger partial charge >= 0.3 is 11.9 Å². The Morgan fingerprint density at radius 1 is 1.00 bits per heavy atom. The Kier molecular flexibility index (Phi) is 9.83. The molecule has 0 unspecified atom stereocenters. The summed E-state index contributed by atoms with van der Waals surface area (Å²) < 4.78 is 25.7. The molecule has 0 aliphatic carbocycles. The summed E-state index contributed by atoms with van der Waals surface area (Å²) in [5.41, 5.74) is 4.75. The second-order valence-corrected chi connectivity index (χ2v) is 11.9. The number of fused-ring (bicyclic) bond motifs is 1. The molecule has 2 aromatic carbocycles. The summed E-state index contributed by atoms with van der Waals surface area (Å²) in [7, 11) is 1.28. The highest BCUT2D eigenvalue weighted by molar-refractivity contribution is 7.07. The molecule has 46 heavy (non-hydrogen) atoms. The van der Waals surface area contributed by atoms with Crippen LogP contribution in [0.15, 0.2) is 69.6 Å². The van der Waals surface area contributed by atoms with Crippen molar-refractivity contribution in [1.82, 2.24) is 9.13 Å². The van der Waals surface area contributed by atoms with E-state index in [4.69, 9.17) is 25.8 Å². The fourth-order valence-corrected chi connectivity index (χ4v) is 6.61. The number of methoxy groups -OCH3 is 1. The van der Waals surface area contributed by atoms with Crippen LogP contribution >= 0.6 is 22.9 Å². The van der Waals surface area contributed by atoms with E-state index in [0.717, 1.165) is 22.6 Å². The lowest BCUT2D eigenvalue weighted by molar-refractivity contribution is -0.143. The highest BCUT2D eigenvalue weighted by Crippen LogP contribution is 2.36. The maximum absolute atomic E-state index is 14.2. The first-order chi connectivity index (χ1) is 22.1. The van der Waals surface area contributed by atoms with Crippen molar-refractivity contribution in [3.8, 4) is 17.2 Å². The van der Waals surface area contributed by atoms with E-state index < -0.39 is 18.0 Å². The second kappa shape index (κ2) is 13.8. The number of thiazole rings is 1. The van der Waals surface area contributed by atoms with Gasteiger partial charge in [0.05, 0.1) is 42.2 Å². The molecule has 1 aliphatic rings. The molecule has 4 aromatic rings. The first-order valence-corrected chi connectivity index (χ1v) is 15.9. The molecule has 240 valence electrons. The van der Waals surface area contributed by atoms with Crippen LogP contribution in [0.5, 0.6) is 11.5 Å². The number of allylic oxidation sites excluding steroid dienone is 1. The van der Waals surface area contributed by atoms with Gasteiger partial charge in [-0.3, -0.25) is 9.36 Å². The summed E-state index contributed by atoms with van der Waals surface area (Å²) in [4.78, 5) is 44.4. The van der Waals surface area contributed by atoms with Crippen LogP contribution < -0.4 is 24.4 Å². The molecule has 5 rings (SSSR count). The van der Waals surface area contributed by atoms with Crippen LogP contribution in [0.25, 0.3) is 11.8 Å². The minimum Gasteiger partial charge on any atom is -0.490 e. The van der Waals surface area contributed by atoms with Gasteiger partial charge in [-0.05, 0) is 94.3 Å². The zero-order valence-corrected chi connectivity index (χ0v) is 28.0. The normalized spacial score (nSPS) is 14.5. The molecule has 12 heteroatoms. The van der Waals surface area contributed by atoms with Gasteiger partial charge in [-0.25, -0.2) is 14.6 Å². The third-order valence-electron chi connectivity index (χ3n) is 7.52. The number of ether oxygens (including phenoxy) is 4. The van der Waals surface area contributed by atoms with Crippen LogP contribution in [0, 0.1) is 13.8 Å². The number of aryl methyl sites for hydroxylation is 1. The van der Waals surface area contributed by atoms with Crippen molar-refractivity contribution in [2.45, 2.75) is 40.7 Å². The number of benzene rings is 2. The highest BCUT2D eigenvalue weighted by Gasteiger charge is 2.34. The average molecular weight is 664 g/mol. The maximum Gasteiger partial charge on any atom is 0.343 e. The standard InChI is InChI=1S/C34H34ClN3O7S/c1-7-43-27-16-22(9-14-26(27)45-18-29(39)42-6)31-30(33(41)44-8-2)20(4)36-34-38(31)32(40)28(46-34)17-23-15-19(3)37(21(23)5)25-12-10-24(35)11-13-25/h9-17,31H,7-8,18H2,1-6H3/b28-17+/t31-/m0/s1. The van der Waals surface area contributed by atoms with E-state index in [0.29, 0.717) is 43.7 Å². The summed E-state index contributed by atoms with van der Waals surface area (Å²) in [6.07, 6.45) is 1.86. The van der Waals surface area contributed by atoms with Crippen LogP contribution in [-0.2, 0) is 19.1 Å². The fraction of sp³-hybridized carbons (Fsp3) is 0.294. The molecule has 10 nitrogen and oxygen atoms in total. The van der Waals surface area contributed by atoms with Gasteiger partial charge in [-0.2, -0.15) is 0 Å². The zero-order valence-electron chi connectivity index (χ0n) is 26.4. The molecule has 0 spiro atoms. The van der Waals surface area contributed by atoms with E-state index in [1.165, 1.54) is 23.0 Å². The lowest BCUT2D eigenvalue weighted by Gasteiger charge is -2.25. The topological polar surface area (TPSA) is 110 Å². The third-order valence-corrected chi connectivity index (χ3v) is 8.75. The highest BCUT2D eigenvalue weighted by atomic mass is 35.5. The van der Waals surface area contributed by atoms with Gasteiger partial charge in [0.1, 0.15) is 0 Å². The Hall–Kier alpha value is -4.61. The smallest absolute Gasteiger partial charge is 0.343 e. The quantitative estimate of drug-likeness (QED) is 0.224. The van der Waals surface area contributed by atoms with Gasteiger partial charge in [0.25, 0.3) is 5.56 Å². The number of nitrogens with zero attached hydrogens (tertiary/aromatic N) is 3. The zero-order chi connectivity index (χ0) is 33.1. The molecule has 0 bridgehead atoms. The molecule has 1 atom stereocenters. The summed E-state index contributed by atoms with van der Waals surface area (Å²) >= 11 is 7.36. The van der Waals surface area contributed by atoms with Crippen molar-refractivity contribution in [2.24, 2.45) is 4.99 Å². The second-order valence-electron chi connectivity index (χ2n) is 10.4. The predicted octanol–water partition coefficient (Wildman–Crippen LogP) is 4.81. The summed E-state index contributed by atoms with van der Waals surface area (Å²) in [6.45, 7) is 9.43. The van der Waals surface area contributed by atoms with Crippen molar-refractivity contribution >= 4 is 41.0 Å². The van der Waals surface area contributed by atoms with Crippen molar-refractivity contribution < 1.29 is 28.5 Å². The predicted molar refractivity (Wildman–Crippen MR) is 176 cm³/mol. The molecular weight excluding hydrogens is 630 g/mol. The van der Waals surface area contributed by atoms with E-state index in [2.05, 4.69) is 14.3 Å². The number of hydrogen-bond donors (Lipinski definition) is 0. The van der Waals surface area contributed by atoms with E-state index >= 15 is 0 Å². The number of hydrogen-bond acceptors (Lipinski definition) is 9. The van der Waals surface area contributed by atoms with Crippen LogP contribution in [0.2, 0.25) is 5.02 Å².